The molecule has 3 nitrogen and oxygen atoms in total. The minimum atomic E-state index is -0.0350. The Morgan fingerprint density at radius 1 is 1.27 bits per heavy atom. The molecule has 0 bridgehead atoms. The van der Waals surface area contributed by atoms with Crippen molar-refractivity contribution >= 4 is 33.3 Å². The molecule has 2 aromatic heterocycles. The lowest BCUT2D eigenvalue weighted by Crippen LogP contribution is -2.08. The molecule has 22 heavy (non-hydrogen) atoms. The number of H-pyrrole nitrogens is 1. The zero-order valence-corrected chi connectivity index (χ0v) is 14.3. The fourth-order valence-electron chi connectivity index (χ4n) is 2.43. The number of aryl methyl sites for hydroxylation is 1. The summed E-state index contributed by atoms with van der Waals surface area (Å²) in [5.74, 6) is 0.987. The van der Waals surface area contributed by atoms with E-state index in [9.17, 15) is 4.79 Å². The molecule has 0 aliphatic carbocycles. The first-order valence-electron chi connectivity index (χ1n) is 7.42. The van der Waals surface area contributed by atoms with Crippen LogP contribution in [-0.2, 0) is 0 Å². The van der Waals surface area contributed by atoms with Crippen LogP contribution in [0.15, 0.2) is 40.3 Å². The molecule has 2 heterocycles. The zero-order valence-electron chi connectivity index (χ0n) is 12.7. The van der Waals surface area contributed by atoms with Crippen molar-refractivity contribution in [2.75, 3.05) is 5.75 Å². The van der Waals surface area contributed by atoms with Crippen LogP contribution in [0.25, 0.3) is 21.3 Å². The normalized spacial score (nSPS) is 11.2. The molecular formula is C17H18N2OS2. The predicted molar refractivity (Wildman–Crippen MR) is 96.0 cm³/mol. The summed E-state index contributed by atoms with van der Waals surface area (Å²) in [5, 5.41) is 1.44. The van der Waals surface area contributed by atoms with Gasteiger partial charge in [0.1, 0.15) is 4.83 Å². The number of hydrogen-bond donors (Lipinski definition) is 1. The van der Waals surface area contributed by atoms with Gasteiger partial charge in [0.15, 0.2) is 5.16 Å². The van der Waals surface area contributed by atoms with Gasteiger partial charge in [-0.05, 0) is 18.9 Å². The third-order valence-corrected chi connectivity index (χ3v) is 5.47. The van der Waals surface area contributed by atoms with E-state index in [0.29, 0.717) is 5.39 Å². The van der Waals surface area contributed by atoms with E-state index in [-0.39, 0.29) is 5.56 Å². The Hall–Kier alpha value is -1.59. The van der Waals surface area contributed by atoms with E-state index in [1.165, 1.54) is 0 Å². The fraction of sp³-hybridized carbons (Fsp3) is 0.294. The fourth-order valence-corrected chi connectivity index (χ4v) is 4.48. The van der Waals surface area contributed by atoms with Crippen LogP contribution < -0.4 is 5.56 Å². The van der Waals surface area contributed by atoms with E-state index in [4.69, 9.17) is 0 Å². The molecule has 0 aliphatic rings. The van der Waals surface area contributed by atoms with Gasteiger partial charge in [-0.2, -0.15) is 0 Å². The molecule has 1 aromatic carbocycles. The molecule has 0 saturated carbocycles. The topological polar surface area (TPSA) is 45.8 Å². The molecule has 0 unspecified atom stereocenters. The lowest BCUT2D eigenvalue weighted by molar-refractivity contribution is 0.889. The quantitative estimate of drug-likeness (QED) is 0.413. The number of thiophene rings is 1. The van der Waals surface area contributed by atoms with E-state index < -0.39 is 0 Å². The summed E-state index contributed by atoms with van der Waals surface area (Å²) >= 11 is 3.22. The van der Waals surface area contributed by atoms with Crippen LogP contribution >= 0.6 is 23.1 Å². The first-order chi connectivity index (χ1) is 10.7. The summed E-state index contributed by atoms with van der Waals surface area (Å²) in [5.41, 5.74) is 2.05. The number of aromatic nitrogens is 2. The first kappa shape index (κ1) is 15.3. The Morgan fingerprint density at radius 3 is 2.77 bits per heavy atom. The average molecular weight is 330 g/mol. The van der Waals surface area contributed by atoms with E-state index in [1.807, 2.05) is 30.3 Å². The van der Waals surface area contributed by atoms with Crippen molar-refractivity contribution in [1.82, 2.24) is 9.97 Å². The Bertz CT molecular complexity index is 837. The summed E-state index contributed by atoms with van der Waals surface area (Å²) in [6, 6.07) is 10.1. The maximum atomic E-state index is 12.5. The van der Waals surface area contributed by atoms with Crippen LogP contribution in [0.4, 0.5) is 0 Å². The maximum absolute atomic E-state index is 12.5. The van der Waals surface area contributed by atoms with Crippen LogP contribution in [-0.4, -0.2) is 15.7 Å². The highest BCUT2D eigenvalue weighted by Gasteiger charge is 2.16. The van der Waals surface area contributed by atoms with Gasteiger partial charge in [-0.1, -0.05) is 55.4 Å². The van der Waals surface area contributed by atoms with Gasteiger partial charge in [0, 0.05) is 16.2 Å². The van der Waals surface area contributed by atoms with Crippen molar-refractivity contribution in [2.45, 2.75) is 31.8 Å². The maximum Gasteiger partial charge on any atom is 0.260 e. The molecule has 114 valence electrons. The summed E-state index contributed by atoms with van der Waals surface area (Å²) in [4.78, 5) is 22.1. The van der Waals surface area contributed by atoms with Crippen LogP contribution in [0.5, 0.6) is 0 Å². The van der Waals surface area contributed by atoms with Gasteiger partial charge in [0.05, 0.1) is 5.39 Å². The molecule has 0 amide bonds. The third kappa shape index (κ3) is 2.96. The van der Waals surface area contributed by atoms with Crippen molar-refractivity contribution in [3.05, 3.63) is 45.6 Å². The second-order valence-corrected chi connectivity index (χ2v) is 7.44. The smallest absolute Gasteiger partial charge is 0.260 e. The first-order valence-corrected chi connectivity index (χ1v) is 9.22. The van der Waals surface area contributed by atoms with Crippen molar-refractivity contribution in [1.29, 1.82) is 0 Å². The summed E-state index contributed by atoms with van der Waals surface area (Å²) in [7, 11) is 0. The molecule has 3 aromatic rings. The zero-order chi connectivity index (χ0) is 15.5. The number of fused-ring (bicyclic) bond motifs is 1. The van der Waals surface area contributed by atoms with E-state index in [0.717, 1.165) is 44.6 Å². The Morgan fingerprint density at radius 2 is 2.05 bits per heavy atom. The third-order valence-electron chi connectivity index (χ3n) is 3.52. The van der Waals surface area contributed by atoms with Crippen molar-refractivity contribution in [3.8, 4) is 11.1 Å². The molecular weight excluding hydrogens is 312 g/mol. The van der Waals surface area contributed by atoms with E-state index in [1.54, 1.807) is 23.1 Å². The molecule has 3 rings (SSSR count). The highest BCUT2D eigenvalue weighted by molar-refractivity contribution is 7.99. The van der Waals surface area contributed by atoms with Gasteiger partial charge >= 0.3 is 0 Å². The Balaban J connectivity index is 2.09. The molecule has 0 spiro atoms. The molecule has 5 heteroatoms. The lowest BCUT2D eigenvalue weighted by Gasteiger charge is -2.02. The van der Waals surface area contributed by atoms with E-state index in [2.05, 4.69) is 23.8 Å². The van der Waals surface area contributed by atoms with Gasteiger partial charge in [-0.15, -0.1) is 11.3 Å². The SMILES string of the molecule is CCCCSc1nc2sc(C)c(-c3ccccc3)c2c(=O)[nH]1. The minimum absolute atomic E-state index is 0.0350. The standard InChI is InChI=1S/C17H18N2OS2/c1-3-4-10-21-17-18-15(20)14-13(11(2)22-16(14)19-17)12-8-6-5-7-9-12/h5-9H,3-4,10H2,1-2H3,(H,18,19,20). The molecule has 0 saturated heterocycles. The van der Waals surface area contributed by atoms with Crippen molar-refractivity contribution in [2.24, 2.45) is 0 Å². The Labute approximate surface area is 137 Å². The van der Waals surface area contributed by atoms with Crippen LogP contribution in [0, 0.1) is 6.92 Å². The number of nitrogens with zero attached hydrogens (tertiary/aromatic N) is 1. The van der Waals surface area contributed by atoms with Gasteiger partial charge in [-0.25, -0.2) is 4.98 Å². The number of unbranched alkanes of at least 4 members (excludes halogenated alkanes) is 1. The van der Waals surface area contributed by atoms with Gasteiger partial charge in [0.25, 0.3) is 5.56 Å². The Kier molecular flexibility index (Phi) is 4.64. The number of nitrogens with one attached hydrogen (secondary N) is 1. The molecule has 1 N–H and O–H groups in total. The van der Waals surface area contributed by atoms with Gasteiger partial charge in [-0.3, -0.25) is 4.79 Å². The van der Waals surface area contributed by atoms with Crippen molar-refractivity contribution in [3.63, 3.8) is 0 Å². The van der Waals surface area contributed by atoms with Crippen LogP contribution in [0.2, 0.25) is 0 Å². The molecule has 0 atom stereocenters. The number of thioether (sulfide) groups is 1. The largest absolute Gasteiger partial charge is 0.301 e. The van der Waals surface area contributed by atoms with Gasteiger partial charge in [0.2, 0.25) is 0 Å². The second kappa shape index (κ2) is 6.67. The highest BCUT2D eigenvalue weighted by atomic mass is 32.2. The van der Waals surface area contributed by atoms with Crippen molar-refractivity contribution < 1.29 is 0 Å². The summed E-state index contributed by atoms with van der Waals surface area (Å²) in [6.07, 6.45) is 2.28. The number of rotatable bonds is 5. The predicted octanol–water partition coefficient (Wildman–Crippen LogP) is 4.85. The average Bonchev–Trinajstić information content (AvgIpc) is 2.85. The van der Waals surface area contributed by atoms with E-state index >= 15 is 0 Å². The monoisotopic (exact) mass is 330 g/mol. The summed E-state index contributed by atoms with van der Waals surface area (Å²) < 4.78 is 0. The molecule has 0 radical (unpaired) electrons. The second-order valence-electron chi connectivity index (χ2n) is 5.15. The summed E-state index contributed by atoms with van der Waals surface area (Å²) in [6.45, 7) is 4.21. The van der Waals surface area contributed by atoms with Gasteiger partial charge < -0.3 is 4.98 Å². The number of aromatic amines is 1. The number of hydrogen-bond acceptors (Lipinski definition) is 4. The minimum Gasteiger partial charge on any atom is -0.301 e. The molecule has 0 aliphatic heterocycles. The van der Waals surface area contributed by atoms with Crippen LogP contribution in [0.1, 0.15) is 24.6 Å². The van der Waals surface area contributed by atoms with Crippen LogP contribution in [0.3, 0.4) is 0 Å². The number of benzene rings is 1. The highest BCUT2D eigenvalue weighted by Crippen LogP contribution is 2.35. The molecule has 0 fully saturated rings. The lowest BCUT2D eigenvalue weighted by atomic mass is 10.0.